The van der Waals surface area contributed by atoms with Crippen LogP contribution in [-0.2, 0) is 6.42 Å². The highest BCUT2D eigenvalue weighted by Crippen LogP contribution is 2.04. The van der Waals surface area contributed by atoms with Gasteiger partial charge in [-0.1, -0.05) is 19.1 Å². The van der Waals surface area contributed by atoms with Crippen molar-refractivity contribution >= 4 is 5.91 Å². The molecule has 94 valence electrons. The molecule has 1 aromatic rings. The van der Waals surface area contributed by atoms with Crippen molar-refractivity contribution in [1.29, 1.82) is 0 Å². The summed E-state index contributed by atoms with van der Waals surface area (Å²) in [6.07, 6.45) is 0.974. The minimum Gasteiger partial charge on any atom is -0.391 e. The Morgan fingerprint density at radius 2 is 2.06 bits per heavy atom. The second-order valence-electron chi connectivity index (χ2n) is 4.01. The topological polar surface area (TPSA) is 75.3 Å². The molecule has 1 amide bonds. The van der Waals surface area contributed by atoms with E-state index in [0.717, 1.165) is 12.0 Å². The van der Waals surface area contributed by atoms with Gasteiger partial charge < -0.3 is 16.2 Å². The molecule has 0 aliphatic carbocycles. The monoisotopic (exact) mass is 236 g/mol. The Labute approximate surface area is 102 Å². The summed E-state index contributed by atoms with van der Waals surface area (Å²) < 4.78 is 0. The molecule has 1 atom stereocenters. The van der Waals surface area contributed by atoms with Gasteiger partial charge >= 0.3 is 0 Å². The van der Waals surface area contributed by atoms with Crippen LogP contribution >= 0.6 is 0 Å². The lowest BCUT2D eigenvalue weighted by atomic mass is 10.1. The molecule has 0 aliphatic rings. The van der Waals surface area contributed by atoms with Gasteiger partial charge in [-0.05, 0) is 37.1 Å². The van der Waals surface area contributed by atoms with Crippen LogP contribution in [0.5, 0.6) is 0 Å². The van der Waals surface area contributed by atoms with Crippen molar-refractivity contribution < 1.29 is 9.90 Å². The summed E-state index contributed by atoms with van der Waals surface area (Å²) in [5.74, 6) is -0.156. The molecule has 4 heteroatoms. The Morgan fingerprint density at radius 1 is 1.41 bits per heavy atom. The van der Waals surface area contributed by atoms with E-state index >= 15 is 0 Å². The molecule has 1 unspecified atom stereocenters. The third-order valence-corrected chi connectivity index (χ3v) is 2.62. The highest BCUT2D eigenvalue weighted by Gasteiger charge is 2.07. The van der Waals surface area contributed by atoms with Crippen molar-refractivity contribution in [1.82, 2.24) is 5.32 Å². The predicted molar refractivity (Wildman–Crippen MR) is 67.8 cm³/mol. The summed E-state index contributed by atoms with van der Waals surface area (Å²) in [4.78, 5) is 11.7. The van der Waals surface area contributed by atoms with Crippen molar-refractivity contribution in [3.8, 4) is 0 Å². The van der Waals surface area contributed by atoms with Crippen molar-refractivity contribution in [2.24, 2.45) is 5.73 Å². The quantitative estimate of drug-likeness (QED) is 0.680. The fourth-order valence-corrected chi connectivity index (χ4v) is 1.45. The number of aliphatic hydroxyl groups excluding tert-OH is 1. The zero-order valence-electron chi connectivity index (χ0n) is 10.1. The average molecular weight is 236 g/mol. The Morgan fingerprint density at radius 3 is 2.59 bits per heavy atom. The molecule has 0 saturated carbocycles. The van der Waals surface area contributed by atoms with E-state index in [1.807, 2.05) is 19.1 Å². The van der Waals surface area contributed by atoms with Crippen LogP contribution in [0.15, 0.2) is 24.3 Å². The number of rotatable bonds is 6. The molecule has 0 saturated heterocycles. The first-order valence-corrected chi connectivity index (χ1v) is 5.92. The highest BCUT2D eigenvalue weighted by atomic mass is 16.3. The van der Waals surface area contributed by atoms with Crippen LogP contribution in [0.3, 0.4) is 0 Å². The molecule has 4 N–H and O–H groups in total. The van der Waals surface area contributed by atoms with Crippen LogP contribution in [0.2, 0.25) is 0 Å². The van der Waals surface area contributed by atoms with E-state index < -0.39 is 6.10 Å². The normalized spacial score (nSPS) is 12.2. The molecule has 0 radical (unpaired) electrons. The maximum Gasteiger partial charge on any atom is 0.251 e. The Balaban J connectivity index is 2.51. The molecule has 1 rings (SSSR count). The maximum atomic E-state index is 11.7. The van der Waals surface area contributed by atoms with E-state index in [-0.39, 0.29) is 5.91 Å². The lowest BCUT2D eigenvalue weighted by Gasteiger charge is -2.09. The number of carbonyl (C=O) groups excluding carboxylic acids is 1. The zero-order chi connectivity index (χ0) is 12.7. The SMILES string of the molecule is CCC(O)CNC(=O)c1ccc(CCN)cc1. The van der Waals surface area contributed by atoms with Gasteiger partial charge in [0.1, 0.15) is 0 Å². The number of amides is 1. The Kier molecular flexibility index (Phi) is 5.66. The summed E-state index contributed by atoms with van der Waals surface area (Å²) in [6, 6.07) is 7.35. The summed E-state index contributed by atoms with van der Waals surface area (Å²) >= 11 is 0. The lowest BCUT2D eigenvalue weighted by molar-refractivity contribution is 0.0914. The number of nitrogens with one attached hydrogen (secondary N) is 1. The molecule has 4 nitrogen and oxygen atoms in total. The van der Waals surface area contributed by atoms with E-state index in [9.17, 15) is 9.90 Å². The highest BCUT2D eigenvalue weighted by molar-refractivity contribution is 5.94. The van der Waals surface area contributed by atoms with E-state index in [1.54, 1.807) is 12.1 Å². The molecule has 0 spiro atoms. The van der Waals surface area contributed by atoms with Crippen LogP contribution in [0.25, 0.3) is 0 Å². The number of benzene rings is 1. The summed E-state index contributed by atoms with van der Waals surface area (Å²) in [6.45, 7) is 2.77. The molecular formula is C13H20N2O2. The van der Waals surface area contributed by atoms with Gasteiger partial charge in [-0.3, -0.25) is 4.79 Å². The van der Waals surface area contributed by atoms with E-state index in [0.29, 0.717) is 25.1 Å². The largest absolute Gasteiger partial charge is 0.391 e. The zero-order valence-corrected chi connectivity index (χ0v) is 10.1. The number of carbonyl (C=O) groups is 1. The first-order valence-electron chi connectivity index (χ1n) is 5.92. The lowest BCUT2D eigenvalue weighted by Crippen LogP contribution is -2.31. The standard InChI is InChI=1S/C13H20N2O2/c1-2-12(16)9-15-13(17)11-5-3-10(4-6-11)7-8-14/h3-6,12,16H,2,7-9,14H2,1H3,(H,15,17). The van der Waals surface area contributed by atoms with Crippen LogP contribution in [-0.4, -0.2) is 30.2 Å². The molecule has 0 aromatic heterocycles. The third-order valence-electron chi connectivity index (χ3n) is 2.62. The van der Waals surface area contributed by atoms with Crippen molar-refractivity contribution in [3.05, 3.63) is 35.4 Å². The van der Waals surface area contributed by atoms with Crippen molar-refractivity contribution in [2.75, 3.05) is 13.1 Å². The van der Waals surface area contributed by atoms with Gasteiger partial charge in [0.15, 0.2) is 0 Å². The Hall–Kier alpha value is -1.39. The number of hydrogen-bond acceptors (Lipinski definition) is 3. The minimum absolute atomic E-state index is 0.156. The van der Waals surface area contributed by atoms with Gasteiger partial charge in [0.2, 0.25) is 0 Å². The van der Waals surface area contributed by atoms with Gasteiger partial charge in [0, 0.05) is 12.1 Å². The van der Waals surface area contributed by atoms with E-state index in [2.05, 4.69) is 5.32 Å². The molecule has 0 bridgehead atoms. The van der Waals surface area contributed by atoms with Gasteiger partial charge in [-0.15, -0.1) is 0 Å². The summed E-state index contributed by atoms with van der Waals surface area (Å²) in [5.41, 5.74) is 7.18. The first-order chi connectivity index (χ1) is 8.17. The second kappa shape index (κ2) is 7.04. The molecule has 0 fully saturated rings. The second-order valence-corrected chi connectivity index (χ2v) is 4.01. The minimum atomic E-state index is -0.476. The van der Waals surface area contributed by atoms with Gasteiger partial charge in [-0.2, -0.15) is 0 Å². The van der Waals surface area contributed by atoms with Crippen LogP contribution in [0, 0.1) is 0 Å². The molecule has 17 heavy (non-hydrogen) atoms. The van der Waals surface area contributed by atoms with Gasteiger partial charge in [0.25, 0.3) is 5.91 Å². The van der Waals surface area contributed by atoms with Gasteiger partial charge in [-0.25, -0.2) is 0 Å². The first kappa shape index (κ1) is 13.7. The van der Waals surface area contributed by atoms with Crippen molar-refractivity contribution in [3.63, 3.8) is 0 Å². The Bertz CT molecular complexity index is 349. The molecule has 0 heterocycles. The van der Waals surface area contributed by atoms with Crippen molar-refractivity contribution in [2.45, 2.75) is 25.9 Å². The fraction of sp³-hybridized carbons (Fsp3) is 0.462. The molecule has 0 aliphatic heterocycles. The van der Waals surface area contributed by atoms with Crippen LogP contribution < -0.4 is 11.1 Å². The van der Waals surface area contributed by atoms with Crippen LogP contribution in [0.1, 0.15) is 29.3 Å². The number of aliphatic hydroxyl groups is 1. The molecular weight excluding hydrogens is 216 g/mol. The smallest absolute Gasteiger partial charge is 0.251 e. The van der Waals surface area contributed by atoms with E-state index in [4.69, 9.17) is 5.73 Å². The average Bonchev–Trinajstić information content (AvgIpc) is 2.36. The van der Waals surface area contributed by atoms with Crippen LogP contribution in [0.4, 0.5) is 0 Å². The fourth-order valence-electron chi connectivity index (χ4n) is 1.45. The summed E-state index contributed by atoms with van der Waals surface area (Å²) in [7, 11) is 0. The van der Waals surface area contributed by atoms with Gasteiger partial charge in [0.05, 0.1) is 6.10 Å². The molecule has 1 aromatic carbocycles. The van der Waals surface area contributed by atoms with E-state index in [1.165, 1.54) is 0 Å². The number of nitrogens with two attached hydrogens (primary N) is 1. The number of hydrogen-bond donors (Lipinski definition) is 3. The maximum absolute atomic E-state index is 11.7. The summed E-state index contributed by atoms with van der Waals surface area (Å²) in [5, 5.41) is 12.0. The predicted octanol–water partition coefficient (Wildman–Crippen LogP) is 0.689. The third kappa shape index (κ3) is 4.54.